The van der Waals surface area contributed by atoms with Crippen molar-refractivity contribution in [2.75, 3.05) is 11.9 Å². The Hall–Kier alpha value is -1.49. The maximum Gasteiger partial charge on any atom is 0.227 e. The Kier molecular flexibility index (Phi) is 4.03. The summed E-state index contributed by atoms with van der Waals surface area (Å²) in [6.07, 6.45) is 8.93. The molecule has 0 spiro atoms. The first-order valence-electron chi connectivity index (χ1n) is 6.07. The highest BCUT2D eigenvalue weighted by Gasteiger charge is 2.29. The molecular formula is C12H18N4O. The van der Waals surface area contributed by atoms with Crippen LogP contribution in [0.15, 0.2) is 18.7 Å². The fourth-order valence-corrected chi connectivity index (χ4v) is 2.43. The van der Waals surface area contributed by atoms with Crippen LogP contribution in [0.3, 0.4) is 0 Å². The highest BCUT2D eigenvalue weighted by atomic mass is 16.1. The molecule has 1 aliphatic carbocycles. The molecule has 5 heteroatoms. The van der Waals surface area contributed by atoms with E-state index >= 15 is 0 Å². The van der Waals surface area contributed by atoms with Crippen LogP contribution in [-0.2, 0) is 4.79 Å². The van der Waals surface area contributed by atoms with Crippen LogP contribution in [0.1, 0.15) is 25.7 Å². The predicted octanol–water partition coefficient (Wildman–Crippen LogP) is 1.18. The molecule has 0 aliphatic heterocycles. The second-order valence-corrected chi connectivity index (χ2v) is 4.50. The van der Waals surface area contributed by atoms with Gasteiger partial charge in [-0.2, -0.15) is 0 Å². The smallest absolute Gasteiger partial charge is 0.227 e. The normalized spacial score (nSPS) is 24.3. The molecule has 1 fully saturated rings. The molecule has 0 radical (unpaired) electrons. The lowest BCUT2D eigenvalue weighted by molar-refractivity contribution is -0.122. The number of rotatable bonds is 3. The zero-order chi connectivity index (χ0) is 12.1. The van der Waals surface area contributed by atoms with Gasteiger partial charge in [0.25, 0.3) is 0 Å². The lowest BCUT2D eigenvalue weighted by atomic mass is 9.79. The Balaban J connectivity index is 1.99. The molecule has 17 heavy (non-hydrogen) atoms. The van der Waals surface area contributed by atoms with E-state index in [0.717, 1.165) is 19.3 Å². The van der Waals surface area contributed by atoms with Gasteiger partial charge in [-0.05, 0) is 25.3 Å². The standard InChI is InChI=1S/C12H18N4O/c13-5-9-3-1-2-4-11(9)12(17)16-10-6-14-8-15-7-10/h6-9,11H,1-5,13H2,(H,16,17). The molecule has 92 valence electrons. The molecule has 1 saturated carbocycles. The molecule has 0 saturated heterocycles. The largest absolute Gasteiger partial charge is 0.330 e. The molecule has 2 unspecified atom stereocenters. The van der Waals surface area contributed by atoms with E-state index in [1.165, 1.54) is 12.7 Å². The van der Waals surface area contributed by atoms with Crippen LogP contribution in [0, 0.1) is 11.8 Å². The number of amides is 1. The second-order valence-electron chi connectivity index (χ2n) is 4.50. The van der Waals surface area contributed by atoms with Crippen molar-refractivity contribution in [3.8, 4) is 0 Å². The molecule has 1 amide bonds. The number of aromatic nitrogens is 2. The summed E-state index contributed by atoms with van der Waals surface area (Å²) in [6.45, 7) is 0.587. The molecule has 5 nitrogen and oxygen atoms in total. The van der Waals surface area contributed by atoms with Crippen LogP contribution >= 0.6 is 0 Å². The zero-order valence-corrected chi connectivity index (χ0v) is 9.80. The van der Waals surface area contributed by atoms with Gasteiger partial charge in [0.15, 0.2) is 0 Å². The summed E-state index contributed by atoms with van der Waals surface area (Å²) in [5.41, 5.74) is 6.37. The predicted molar refractivity (Wildman–Crippen MR) is 65.2 cm³/mol. The fraction of sp³-hybridized carbons (Fsp3) is 0.583. The van der Waals surface area contributed by atoms with Crippen LogP contribution in [0.2, 0.25) is 0 Å². The van der Waals surface area contributed by atoms with Gasteiger partial charge in [-0.25, -0.2) is 9.97 Å². The van der Waals surface area contributed by atoms with E-state index in [9.17, 15) is 4.79 Å². The van der Waals surface area contributed by atoms with E-state index in [2.05, 4.69) is 15.3 Å². The minimum Gasteiger partial charge on any atom is -0.330 e. The van der Waals surface area contributed by atoms with Crippen LogP contribution in [-0.4, -0.2) is 22.4 Å². The third-order valence-corrected chi connectivity index (χ3v) is 3.38. The van der Waals surface area contributed by atoms with Gasteiger partial charge in [-0.1, -0.05) is 12.8 Å². The quantitative estimate of drug-likeness (QED) is 0.823. The molecule has 1 aromatic rings. The monoisotopic (exact) mass is 234 g/mol. The van der Waals surface area contributed by atoms with Crippen molar-refractivity contribution in [1.29, 1.82) is 0 Å². The maximum absolute atomic E-state index is 12.1. The molecular weight excluding hydrogens is 216 g/mol. The number of hydrogen-bond donors (Lipinski definition) is 2. The van der Waals surface area contributed by atoms with Gasteiger partial charge in [0, 0.05) is 5.92 Å². The van der Waals surface area contributed by atoms with Crippen LogP contribution in [0.4, 0.5) is 5.69 Å². The topological polar surface area (TPSA) is 80.9 Å². The van der Waals surface area contributed by atoms with Crippen molar-refractivity contribution in [1.82, 2.24) is 9.97 Å². The molecule has 1 heterocycles. The zero-order valence-electron chi connectivity index (χ0n) is 9.80. The number of carbonyl (C=O) groups excluding carboxylic acids is 1. The number of anilines is 1. The van der Waals surface area contributed by atoms with E-state index in [1.54, 1.807) is 12.4 Å². The van der Waals surface area contributed by atoms with Gasteiger partial charge in [0.2, 0.25) is 5.91 Å². The summed E-state index contributed by atoms with van der Waals surface area (Å²) < 4.78 is 0. The van der Waals surface area contributed by atoms with E-state index in [-0.39, 0.29) is 11.8 Å². The van der Waals surface area contributed by atoms with E-state index in [0.29, 0.717) is 18.2 Å². The Labute approximate surface area is 101 Å². The lowest BCUT2D eigenvalue weighted by Crippen LogP contribution is -2.35. The Morgan fingerprint density at radius 2 is 2.06 bits per heavy atom. The van der Waals surface area contributed by atoms with Gasteiger partial charge < -0.3 is 11.1 Å². The van der Waals surface area contributed by atoms with Gasteiger partial charge in [0.05, 0.1) is 18.1 Å². The van der Waals surface area contributed by atoms with E-state index in [4.69, 9.17) is 5.73 Å². The van der Waals surface area contributed by atoms with Gasteiger partial charge in [-0.15, -0.1) is 0 Å². The molecule has 1 aromatic heterocycles. The van der Waals surface area contributed by atoms with Crippen molar-refractivity contribution in [2.45, 2.75) is 25.7 Å². The first-order valence-corrected chi connectivity index (χ1v) is 6.07. The van der Waals surface area contributed by atoms with E-state index in [1.807, 2.05) is 0 Å². The second kappa shape index (κ2) is 5.72. The number of nitrogens with one attached hydrogen (secondary N) is 1. The first-order chi connectivity index (χ1) is 8.31. The summed E-state index contributed by atoms with van der Waals surface area (Å²) in [6, 6.07) is 0. The Morgan fingerprint density at radius 1 is 1.35 bits per heavy atom. The summed E-state index contributed by atoms with van der Waals surface area (Å²) in [7, 11) is 0. The Bertz CT molecular complexity index is 368. The molecule has 1 aliphatic rings. The van der Waals surface area contributed by atoms with Gasteiger partial charge in [0.1, 0.15) is 6.33 Å². The number of nitrogens with zero attached hydrogens (tertiary/aromatic N) is 2. The summed E-state index contributed by atoms with van der Waals surface area (Å²) in [5.74, 6) is 0.400. The average molecular weight is 234 g/mol. The summed E-state index contributed by atoms with van der Waals surface area (Å²) in [4.78, 5) is 19.9. The highest BCUT2D eigenvalue weighted by molar-refractivity contribution is 5.92. The van der Waals surface area contributed by atoms with Crippen LogP contribution in [0.25, 0.3) is 0 Å². The summed E-state index contributed by atoms with van der Waals surface area (Å²) in [5, 5.41) is 2.86. The van der Waals surface area contributed by atoms with Crippen molar-refractivity contribution < 1.29 is 4.79 Å². The van der Waals surface area contributed by atoms with Crippen molar-refractivity contribution >= 4 is 11.6 Å². The Morgan fingerprint density at radius 3 is 2.76 bits per heavy atom. The third kappa shape index (κ3) is 3.00. The van der Waals surface area contributed by atoms with Crippen molar-refractivity contribution in [3.63, 3.8) is 0 Å². The highest BCUT2D eigenvalue weighted by Crippen LogP contribution is 2.30. The molecule has 2 rings (SSSR count). The third-order valence-electron chi connectivity index (χ3n) is 3.38. The minimum absolute atomic E-state index is 0.0361. The maximum atomic E-state index is 12.1. The molecule has 3 N–H and O–H groups in total. The number of nitrogens with two attached hydrogens (primary N) is 1. The van der Waals surface area contributed by atoms with E-state index < -0.39 is 0 Å². The number of carbonyl (C=O) groups is 1. The molecule has 2 atom stereocenters. The average Bonchev–Trinajstić information content (AvgIpc) is 2.40. The fourth-order valence-electron chi connectivity index (χ4n) is 2.43. The SMILES string of the molecule is NCC1CCCCC1C(=O)Nc1cncnc1. The number of hydrogen-bond acceptors (Lipinski definition) is 4. The molecule has 0 bridgehead atoms. The van der Waals surface area contributed by atoms with Crippen LogP contribution in [0.5, 0.6) is 0 Å². The first kappa shape index (κ1) is 12.0. The van der Waals surface area contributed by atoms with Crippen molar-refractivity contribution in [2.24, 2.45) is 17.6 Å². The van der Waals surface area contributed by atoms with Gasteiger partial charge >= 0.3 is 0 Å². The summed E-state index contributed by atoms with van der Waals surface area (Å²) >= 11 is 0. The van der Waals surface area contributed by atoms with Gasteiger partial charge in [-0.3, -0.25) is 4.79 Å². The minimum atomic E-state index is 0.0361. The van der Waals surface area contributed by atoms with Crippen molar-refractivity contribution in [3.05, 3.63) is 18.7 Å². The lowest BCUT2D eigenvalue weighted by Gasteiger charge is -2.29. The van der Waals surface area contributed by atoms with Crippen LogP contribution < -0.4 is 11.1 Å². The molecule has 0 aromatic carbocycles.